The number of carboxylic acid groups (broad SMARTS) is 1. The predicted molar refractivity (Wildman–Crippen MR) is 60.9 cm³/mol. The van der Waals surface area contributed by atoms with Crippen molar-refractivity contribution in [1.82, 2.24) is 0 Å². The molecule has 0 bridgehead atoms. The molecule has 0 aliphatic heterocycles. The third-order valence-electron chi connectivity index (χ3n) is 2.11. The second-order valence-electron chi connectivity index (χ2n) is 3.30. The lowest BCUT2D eigenvalue weighted by molar-refractivity contribution is 0.0171. The van der Waals surface area contributed by atoms with Crippen molar-refractivity contribution in [3.05, 3.63) is 32.3 Å². The van der Waals surface area contributed by atoms with E-state index >= 15 is 0 Å². The van der Waals surface area contributed by atoms with Gasteiger partial charge in [-0.2, -0.15) is 0 Å². The summed E-state index contributed by atoms with van der Waals surface area (Å²) in [6, 6.07) is 1.31. The minimum atomic E-state index is -1.16. The average molecular weight is 257 g/mol. The first-order valence-electron chi connectivity index (χ1n) is 4.75. The molecule has 3 N–H and O–H groups in total. The first-order valence-corrected chi connectivity index (χ1v) is 5.63. The number of rotatable bonds is 6. The number of aliphatic hydroxyl groups is 2. The van der Waals surface area contributed by atoms with Crippen LogP contribution in [0.15, 0.2) is 16.6 Å². The molecule has 0 radical (unpaired) electrons. The molecule has 7 nitrogen and oxygen atoms in total. The molecule has 0 amide bonds. The van der Waals surface area contributed by atoms with Gasteiger partial charge in [0, 0.05) is 21.7 Å². The quantitative estimate of drug-likeness (QED) is 0.405. The Kier molecular flexibility index (Phi) is 4.92. The molecule has 0 spiro atoms. The van der Waals surface area contributed by atoms with Crippen molar-refractivity contribution in [3.8, 4) is 0 Å². The van der Waals surface area contributed by atoms with E-state index in [0.29, 0.717) is 4.88 Å². The summed E-state index contributed by atoms with van der Waals surface area (Å²) in [7, 11) is 0. The van der Waals surface area contributed by atoms with Gasteiger partial charge in [0.15, 0.2) is 0 Å². The van der Waals surface area contributed by atoms with E-state index in [0.717, 1.165) is 11.3 Å². The van der Waals surface area contributed by atoms with Crippen molar-refractivity contribution in [3.63, 3.8) is 0 Å². The number of hydrogen-bond donors (Lipinski definition) is 3. The predicted octanol–water partition coefficient (Wildman–Crippen LogP) is 1.54. The summed E-state index contributed by atoms with van der Waals surface area (Å²) in [4.78, 5) is 13.5. The van der Waals surface area contributed by atoms with E-state index in [1.54, 1.807) is 0 Å². The maximum Gasteiger partial charge on any atom is 0.336 e. The molecule has 17 heavy (non-hydrogen) atoms. The molecule has 1 aromatic heterocycles. The Morgan fingerprint density at radius 1 is 1.59 bits per heavy atom. The molecular formula is C9H11N3O4S. The third kappa shape index (κ3) is 3.72. The number of hydrogen-bond acceptors (Lipinski definition) is 5. The fourth-order valence-electron chi connectivity index (χ4n) is 1.20. The highest BCUT2D eigenvalue weighted by atomic mass is 32.1. The number of azide groups is 1. The van der Waals surface area contributed by atoms with E-state index < -0.39 is 18.2 Å². The summed E-state index contributed by atoms with van der Waals surface area (Å²) in [6.07, 6.45) is -2.13. The van der Waals surface area contributed by atoms with Crippen LogP contribution in [-0.2, 0) is 0 Å². The Morgan fingerprint density at radius 2 is 2.29 bits per heavy atom. The highest BCUT2D eigenvalue weighted by Gasteiger charge is 2.20. The molecular weight excluding hydrogens is 246 g/mol. The van der Waals surface area contributed by atoms with Gasteiger partial charge in [-0.3, -0.25) is 0 Å². The fourth-order valence-corrected chi connectivity index (χ4v) is 2.13. The zero-order valence-electron chi connectivity index (χ0n) is 8.72. The van der Waals surface area contributed by atoms with Crippen LogP contribution >= 0.6 is 11.3 Å². The normalized spacial score (nSPS) is 13.8. The smallest absolute Gasteiger partial charge is 0.336 e. The van der Waals surface area contributed by atoms with Crippen LogP contribution in [0.1, 0.15) is 27.8 Å². The van der Waals surface area contributed by atoms with E-state index in [-0.39, 0.29) is 18.5 Å². The van der Waals surface area contributed by atoms with E-state index in [2.05, 4.69) is 10.0 Å². The molecule has 0 aromatic carbocycles. The van der Waals surface area contributed by atoms with Crippen molar-refractivity contribution in [2.24, 2.45) is 5.11 Å². The summed E-state index contributed by atoms with van der Waals surface area (Å²) >= 11 is 1.06. The Balaban J connectivity index is 2.64. The van der Waals surface area contributed by atoms with Crippen molar-refractivity contribution in [1.29, 1.82) is 0 Å². The van der Waals surface area contributed by atoms with Crippen LogP contribution in [0.25, 0.3) is 10.4 Å². The summed E-state index contributed by atoms with van der Waals surface area (Å²) in [5.41, 5.74) is 8.13. The maximum atomic E-state index is 10.6. The molecule has 1 heterocycles. The molecule has 1 rings (SSSR count). The number of carbonyl (C=O) groups is 1. The van der Waals surface area contributed by atoms with Crippen LogP contribution in [0, 0.1) is 0 Å². The molecule has 92 valence electrons. The highest BCUT2D eigenvalue weighted by molar-refractivity contribution is 7.10. The van der Waals surface area contributed by atoms with Gasteiger partial charge >= 0.3 is 5.97 Å². The number of thiophene rings is 1. The first kappa shape index (κ1) is 13.5. The van der Waals surface area contributed by atoms with Crippen LogP contribution in [0.3, 0.4) is 0 Å². The van der Waals surface area contributed by atoms with Gasteiger partial charge in [0.05, 0.1) is 11.7 Å². The van der Waals surface area contributed by atoms with Gasteiger partial charge < -0.3 is 15.3 Å². The number of aliphatic hydroxyl groups excluding tert-OH is 2. The minimum Gasteiger partial charge on any atom is -0.478 e. The lowest BCUT2D eigenvalue weighted by Gasteiger charge is -2.15. The molecule has 0 aliphatic carbocycles. The van der Waals surface area contributed by atoms with Crippen LogP contribution in [0.2, 0.25) is 0 Å². The molecule has 2 unspecified atom stereocenters. The molecule has 0 fully saturated rings. The van der Waals surface area contributed by atoms with Gasteiger partial charge in [-0.1, -0.05) is 5.11 Å². The molecule has 8 heteroatoms. The van der Waals surface area contributed by atoms with E-state index in [1.807, 2.05) is 0 Å². The standard InChI is InChI=1S/C9H11N3O4S/c10-12-11-2-1-6(13)8(14)7-3-5(4-17-7)9(15)16/h3-4,6,8,13-14H,1-2H2,(H,15,16). The van der Waals surface area contributed by atoms with E-state index in [1.165, 1.54) is 11.4 Å². The third-order valence-corrected chi connectivity index (χ3v) is 3.11. The second-order valence-corrected chi connectivity index (χ2v) is 4.24. The zero-order valence-corrected chi connectivity index (χ0v) is 9.54. The lowest BCUT2D eigenvalue weighted by atomic mass is 10.1. The minimum absolute atomic E-state index is 0.0753. The van der Waals surface area contributed by atoms with Gasteiger partial charge in [0.1, 0.15) is 6.10 Å². The Bertz CT molecular complexity index is 441. The van der Waals surface area contributed by atoms with Gasteiger partial charge in [-0.05, 0) is 18.0 Å². The Hall–Kier alpha value is -1.60. The van der Waals surface area contributed by atoms with Crippen molar-refractivity contribution in [2.75, 3.05) is 6.54 Å². The first-order chi connectivity index (χ1) is 8.06. The lowest BCUT2D eigenvalue weighted by Crippen LogP contribution is -2.18. The average Bonchev–Trinajstić information content (AvgIpc) is 2.77. The van der Waals surface area contributed by atoms with Crippen molar-refractivity contribution >= 4 is 17.3 Å². The van der Waals surface area contributed by atoms with Crippen LogP contribution in [0.5, 0.6) is 0 Å². The van der Waals surface area contributed by atoms with Crippen LogP contribution in [0.4, 0.5) is 0 Å². The van der Waals surface area contributed by atoms with Gasteiger partial charge in [0.25, 0.3) is 0 Å². The molecule has 0 aliphatic rings. The van der Waals surface area contributed by atoms with Gasteiger partial charge in [-0.25, -0.2) is 4.79 Å². The zero-order chi connectivity index (χ0) is 12.8. The van der Waals surface area contributed by atoms with Gasteiger partial charge in [-0.15, -0.1) is 11.3 Å². The summed E-state index contributed by atoms with van der Waals surface area (Å²) in [5, 5.41) is 32.6. The number of aromatic carboxylic acids is 1. The number of nitrogens with zero attached hydrogens (tertiary/aromatic N) is 3. The highest BCUT2D eigenvalue weighted by Crippen LogP contribution is 2.26. The second kappa shape index (κ2) is 6.21. The van der Waals surface area contributed by atoms with E-state index in [4.69, 9.17) is 10.6 Å². The fraction of sp³-hybridized carbons (Fsp3) is 0.444. The topological polar surface area (TPSA) is 127 Å². The summed E-state index contributed by atoms with van der Waals surface area (Å²) in [6.45, 7) is 0.0753. The summed E-state index contributed by atoms with van der Waals surface area (Å²) in [5.74, 6) is -1.08. The van der Waals surface area contributed by atoms with Crippen molar-refractivity contribution < 1.29 is 20.1 Å². The van der Waals surface area contributed by atoms with E-state index in [9.17, 15) is 15.0 Å². The maximum absolute atomic E-state index is 10.6. The Labute approximate surface area is 101 Å². The molecule has 2 atom stereocenters. The SMILES string of the molecule is [N-]=[N+]=NCCC(O)C(O)c1cc(C(=O)O)cs1. The summed E-state index contributed by atoms with van der Waals surface area (Å²) < 4.78 is 0. The Morgan fingerprint density at radius 3 is 2.82 bits per heavy atom. The van der Waals surface area contributed by atoms with Gasteiger partial charge in [0.2, 0.25) is 0 Å². The molecule has 0 saturated heterocycles. The van der Waals surface area contributed by atoms with Crippen LogP contribution < -0.4 is 0 Å². The number of carboxylic acids is 1. The molecule has 0 saturated carbocycles. The van der Waals surface area contributed by atoms with Crippen LogP contribution in [-0.4, -0.2) is 33.9 Å². The van der Waals surface area contributed by atoms with Crippen molar-refractivity contribution in [2.45, 2.75) is 18.6 Å². The largest absolute Gasteiger partial charge is 0.478 e. The monoisotopic (exact) mass is 257 g/mol. The molecule has 1 aromatic rings.